The zero-order valence-electron chi connectivity index (χ0n) is 19.9. The zero-order valence-corrected chi connectivity index (χ0v) is 20.6. The number of H-pyrrole nitrogens is 1. The average molecular weight is 515 g/mol. The number of carbonyl (C=O) groups is 1. The van der Waals surface area contributed by atoms with E-state index in [2.05, 4.69) is 10.1 Å². The number of rotatable bonds is 6. The highest BCUT2D eigenvalue weighted by atomic mass is 35.5. The summed E-state index contributed by atoms with van der Waals surface area (Å²) in [5.41, 5.74) is -0.915. The molecule has 0 saturated heterocycles. The SMILES string of the molecule is COc1cc([C@@H]2CC(c3c(O)n(-c4ccc(Cl)cc4)c(=O)[nH]c3=O)=NN2C(C)=O)cc(OC)c1OC. The molecule has 1 aliphatic rings. The van der Waals surface area contributed by atoms with Crippen LogP contribution < -0.4 is 25.5 Å². The molecule has 4 rings (SSSR count). The van der Waals surface area contributed by atoms with E-state index >= 15 is 0 Å². The zero-order chi connectivity index (χ0) is 26.1. The molecule has 0 bridgehead atoms. The van der Waals surface area contributed by atoms with E-state index in [9.17, 15) is 19.5 Å². The predicted octanol–water partition coefficient (Wildman–Crippen LogP) is 2.61. The second-order valence-electron chi connectivity index (χ2n) is 7.86. The van der Waals surface area contributed by atoms with Crippen LogP contribution in [0.15, 0.2) is 51.1 Å². The number of aromatic amines is 1. The van der Waals surface area contributed by atoms with E-state index in [4.69, 9.17) is 25.8 Å². The number of aromatic hydroxyl groups is 1. The number of amides is 1. The van der Waals surface area contributed by atoms with Gasteiger partial charge in [-0.1, -0.05) is 11.6 Å². The predicted molar refractivity (Wildman–Crippen MR) is 132 cm³/mol. The monoisotopic (exact) mass is 514 g/mol. The summed E-state index contributed by atoms with van der Waals surface area (Å²) in [5, 5.41) is 17.0. The van der Waals surface area contributed by atoms with Crippen molar-refractivity contribution in [1.29, 1.82) is 0 Å². The third-order valence-corrected chi connectivity index (χ3v) is 6.02. The Labute approximate surface area is 210 Å². The van der Waals surface area contributed by atoms with Gasteiger partial charge in [0.25, 0.3) is 5.56 Å². The van der Waals surface area contributed by atoms with E-state index < -0.39 is 29.1 Å². The normalized spacial score (nSPS) is 15.0. The molecule has 12 heteroatoms. The Balaban J connectivity index is 1.84. The minimum absolute atomic E-state index is 0.0632. The molecule has 36 heavy (non-hydrogen) atoms. The van der Waals surface area contributed by atoms with Gasteiger partial charge in [-0.05, 0) is 42.0 Å². The van der Waals surface area contributed by atoms with E-state index in [0.717, 1.165) is 4.57 Å². The second-order valence-corrected chi connectivity index (χ2v) is 8.30. The number of ether oxygens (including phenoxy) is 3. The van der Waals surface area contributed by atoms with Gasteiger partial charge in [-0.3, -0.25) is 14.6 Å². The van der Waals surface area contributed by atoms with Crippen LogP contribution in [0, 0.1) is 0 Å². The Morgan fingerprint density at radius 2 is 1.69 bits per heavy atom. The number of benzene rings is 2. The van der Waals surface area contributed by atoms with Crippen LogP contribution in [0.4, 0.5) is 0 Å². The van der Waals surface area contributed by atoms with Gasteiger partial charge in [0.15, 0.2) is 11.5 Å². The third kappa shape index (κ3) is 4.29. The standard InChI is InChI=1S/C24H23ClN4O7/c1-12(30)29-17(13-9-18(34-2)21(36-4)19(10-13)35-3)11-16(27-29)20-22(31)26-24(33)28(23(20)32)15-7-5-14(25)6-8-15/h5-10,17,32H,11H2,1-4H3,(H,26,31,33)/t17-/m0/s1. The number of aromatic nitrogens is 2. The summed E-state index contributed by atoms with van der Waals surface area (Å²) in [6, 6.07) is 8.82. The topological polar surface area (TPSA) is 135 Å². The first-order valence-corrected chi connectivity index (χ1v) is 11.1. The minimum Gasteiger partial charge on any atom is -0.493 e. The molecule has 2 N–H and O–H groups in total. The molecule has 2 heterocycles. The first-order chi connectivity index (χ1) is 17.2. The Kier molecular flexibility index (Phi) is 6.75. The number of halogens is 1. The van der Waals surface area contributed by atoms with E-state index in [1.54, 1.807) is 24.3 Å². The molecule has 188 valence electrons. The molecule has 0 aliphatic carbocycles. The minimum atomic E-state index is -0.841. The quantitative estimate of drug-likeness (QED) is 0.516. The van der Waals surface area contributed by atoms with Gasteiger partial charge < -0.3 is 19.3 Å². The number of methoxy groups -OCH3 is 3. The van der Waals surface area contributed by atoms with Crippen molar-refractivity contribution in [2.75, 3.05) is 21.3 Å². The molecular weight excluding hydrogens is 492 g/mol. The van der Waals surface area contributed by atoms with E-state index in [0.29, 0.717) is 27.8 Å². The number of nitrogens with one attached hydrogen (secondary N) is 1. The summed E-state index contributed by atoms with van der Waals surface area (Å²) in [4.78, 5) is 40.0. The summed E-state index contributed by atoms with van der Waals surface area (Å²) in [6.45, 7) is 1.33. The second kappa shape index (κ2) is 9.78. The van der Waals surface area contributed by atoms with Gasteiger partial charge in [0.1, 0.15) is 5.56 Å². The Morgan fingerprint density at radius 1 is 1.08 bits per heavy atom. The van der Waals surface area contributed by atoms with Crippen molar-refractivity contribution in [2.24, 2.45) is 5.10 Å². The maximum absolute atomic E-state index is 12.8. The van der Waals surface area contributed by atoms with Crippen LogP contribution in [0.5, 0.6) is 23.1 Å². The average Bonchev–Trinajstić information content (AvgIpc) is 3.29. The lowest BCUT2D eigenvalue weighted by atomic mass is 9.98. The molecule has 0 spiro atoms. The van der Waals surface area contributed by atoms with Gasteiger partial charge >= 0.3 is 5.69 Å². The molecule has 0 unspecified atom stereocenters. The van der Waals surface area contributed by atoms with Gasteiger partial charge in [0.2, 0.25) is 17.5 Å². The summed E-state index contributed by atoms with van der Waals surface area (Å²) >= 11 is 5.93. The van der Waals surface area contributed by atoms with Gasteiger partial charge in [-0.25, -0.2) is 14.4 Å². The van der Waals surface area contributed by atoms with Crippen molar-refractivity contribution in [1.82, 2.24) is 14.6 Å². The lowest BCUT2D eigenvalue weighted by Gasteiger charge is -2.22. The molecule has 0 fully saturated rings. The molecule has 1 aliphatic heterocycles. The summed E-state index contributed by atoms with van der Waals surface area (Å²) in [7, 11) is 4.42. The number of nitrogens with zero attached hydrogens (tertiary/aromatic N) is 3. The maximum atomic E-state index is 12.8. The van der Waals surface area contributed by atoms with Crippen molar-refractivity contribution >= 4 is 23.2 Å². The van der Waals surface area contributed by atoms with Crippen LogP contribution in [0.2, 0.25) is 5.02 Å². The Bertz CT molecular complexity index is 1450. The molecule has 0 radical (unpaired) electrons. The van der Waals surface area contributed by atoms with Gasteiger partial charge in [-0.2, -0.15) is 5.10 Å². The summed E-state index contributed by atoms with van der Waals surface area (Å²) in [6.07, 6.45) is 0.0632. The molecular formula is C24H23ClN4O7. The van der Waals surface area contributed by atoms with Crippen molar-refractivity contribution < 1.29 is 24.1 Å². The van der Waals surface area contributed by atoms with Crippen LogP contribution in [0.25, 0.3) is 5.69 Å². The smallest absolute Gasteiger partial charge is 0.335 e. The molecule has 2 aromatic carbocycles. The van der Waals surface area contributed by atoms with Crippen LogP contribution >= 0.6 is 11.6 Å². The van der Waals surface area contributed by atoms with Crippen molar-refractivity contribution in [3.63, 3.8) is 0 Å². The number of hydrogen-bond acceptors (Lipinski definition) is 8. The van der Waals surface area contributed by atoms with Crippen LogP contribution in [0.1, 0.15) is 30.5 Å². The molecule has 1 aromatic heterocycles. The maximum Gasteiger partial charge on any atom is 0.335 e. The third-order valence-electron chi connectivity index (χ3n) is 5.76. The van der Waals surface area contributed by atoms with Gasteiger partial charge in [-0.15, -0.1) is 0 Å². The summed E-state index contributed by atoms with van der Waals surface area (Å²) < 4.78 is 17.1. The fourth-order valence-electron chi connectivity index (χ4n) is 4.12. The highest BCUT2D eigenvalue weighted by Gasteiger charge is 2.35. The fourth-order valence-corrected chi connectivity index (χ4v) is 4.25. The molecule has 1 atom stereocenters. The lowest BCUT2D eigenvalue weighted by molar-refractivity contribution is -0.130. The lowest BCUT2D eigenvalue weighted by Crippen LogP contribution is -2.33. The largest absolute Gasteiger partial charge is 0.493 e. The molecule has 0 saturated carbocycles. The van der Waals surface area contributed by atoms with Gasteiger partial charge in [0.05, 0.1) is 38.8 Å². The van der Waals surface area contributed by atoms with E-state index in [1.165, 1.54) is 45.4 Å². The van der Waals surface area contributed by atoms with Gasteiger partial charge in [0, 0.05) is 18.4 Å². The van der Waals surface area contributed by atoms with E-state index in [-0.39, 0.29) is 23.4 Å². The number of hydrazone groups is 1. The van der Waals surface area contributed by atoms with Crippen molar-refractivity contribution in [3.8, 4) is 28.8 Å². The highest BCUT2D eigenvalue weighted by Crippen LogP contribution is 2.43. The Hall–Kier alpha value is -4.25. The number of hydrogen-bond donors (Lipinski definition) is 2. The van der Waals surface area contributed by atoms with Crippen molar-refractivity contribution in [3.05, 3.63) is 73.4 Å². The first-order valence-electron chi connectivity index (χ1n) is 10.7. The van der Waals surface area contributed by atoms with Crippen LogP contribution in [0.3, 0.4) is 0 Å². The van der Waals surface area contributed by atoms with Crippen LogP contribution in [-0.2, 0) is 4.79 Å². The molecule has 3 aromatic rings. The van der Waals surface area contributed by atoms with Crippen LogP contribution in [-0.4, -0.2) is 52.6 Å². The van der Waals surface area contributed by atoms with Crippen molar-refractivity contribution in [2.45, 2.75) is 19.4 Å². The first kappa shape index (κ1) is 24.9. The highest BCUT2D eigenvalue weighted by molar-refractivity contribution is 6.30. The molecule has 11 nitrogen and oxygen atoms in total. The summed E-state index contributed by atoms with van der Waals surface area (Å²) in [5.74, 6) is 0.118. The molecule has 1 amide bonds. The Morgan fingerprint density at radius 3 is 2.22 bits per heavy atom. The number of carbonyl (C=O) groups excluding carboxylic acids is 1. The van der Waals surface area contributed by atoms with E-state index in [1.807, 2.05) is 0 Å². The fraction of sp³-hybridized carbons (Fsp3) is 0.250.